The van der Waals surface area contributed by atoms with Crippen molar-refractivity contribution >= 4 is 32.4 Å². The minimum Gasteiger partial charge on any atom is -0.358 e. The Labute approximate surface area is 248 Å². The van der Waals surface area contributed by atoms with Crippen molar-refractivity contribution in [3.63, 3.8) is 0 Å². The summed E-state index contributed by atoms with van der Waals surface area (Å²) in [6.45, 7) is 0.465. The molecule has 0 bridgehead atoms. The van der Waals surface area contributed by atoms with Gasteiger partial charge in [0.05, 0.1) is 34.5 Å². The third-order valence-electron chi connectivity index (χ3n) is 7.64. The van der Waals surface area contributed by atoms with E-state index in [1.54, 1.807) is 41.4 Å². The molecule has 3 aromatic heterocycles. The minimum absolute atomic E-state index is 0.0612. The van der Waals surface area contributed by atoms with Crippen LogP contribution in [0.15, 0.2) is 72.0 Å². The molecule has 1 aliphatic heterocycles. The molecular weight excluding hydrogens is 574 g/mol. The van der Waals surface area contributed by atoms with E-state index in [1.807, 2.05) is 37.4 Å². The number of hydrogen-bond donors (Lipinski definition) is 1. The second-order valence-electron chi connectivity index (χ2n) is 10.8. The fourth-order valence-corrected chi connectivity index (χ4v) is 6.37. The van der Waals surface area contributed by atoms with Crippen LogP contribution in [0, 0.1) is 0 Å². The quantitative estimate of drug-likeness (QED) is 0.207. The zero-order valence-electron chi connectivity index (χ0n) is 23.9. The summed E-state index contributed by atoms with van der Waals surface area (Å²) < 4.78 is 63.9. The average molecular weight is 607 g/mol. The molecule has 224 valence electrons. The topological polar surface area (TPSA) is 104 Å². The molecule has 1 saturated heterocycles. The van der Waals surface area contributed by atoms with E-state index in [-0.39, 0.29) is 16.1 Å². The van der Waals surface area contributed by atoms with E-state index in [0.29, 0.717) is 48.5 Å². The van der Waals surface area contributed by atoms with Crippen LogP contribution in [0.4, 0.5) is 20.2 Å². The number of alkyl halides is 2. The molecule has 4 heterocycles. The first-order valence-electron chi connectivity index (χ1n) is 14.1. The molecule has 0 amide bonds. The Hall–Kier alpha value is -4.16. The second-order valence-corrected chi connectivity index (χ2v) is 12.8. The number of benzene rings is 2. The molecule has 0 radical (unpaired) electrons. The van der Waals surface area contributed by atoms with Crippen molar-refractivity contribution in [3.05, 3.63) is 84.2 Å². The van der Waals surface area contributed by atoms with Crippen molar-refractivity contribution < 1.29 is 21.9 Å². The van der Waals surface area contributed by atoms with E-state index in [0.717, 1.165) is 30.4 Å². The summed E-state index contributed by atoms with van der Waals surface area (Å²) in [4.78, 5) is 13.4. The second kappa shape index (κ2) is 11.8. The molecule has 2 aromatic carbocycles. The Balaban J connectivity index is 1.49. The van der Waals surface area contributed by atoms with Crippen molar-refractivity contribution in [3.8, 4) is 11.3 Å². The molecule has 43 heavy (non-hydrogen) atoms. The predicted molar refractivity (Wildman–Crippen MR) is 160 cm³/mol. The first kappa shape index (κ1) is 28.9. The molecule has 12 heteroatoms. The lowest BCUT2D eigenvalue weighted by Crippen LogP contribution is -2.20. The Kier molecular flexibility index (Phi) is 7.97. The fourth-order valence-electron chi connectivity index (χ4n) is 5.51. The lowest BCUT2D eigenvalue weighted by atomic mass is 10.1. The number of imidazole rings is 2. The van der Waals surface area contributed by atoms with Gasteiger partial charge in [0.15, 0.2) is 21.3 Å². The molecule has 1 fully saturated rings. The maximum Gasteiger partial charge on any atom is 0.295 e. The molecular formula is C31H32F2N6O3S. The van der Waals surface area contributed by atoms with Crippen LogP contribution in [0.3, 0.4) is 0 Å². The zero-order chi connectivity index (χ0) is 30.1. The van der Waals surface area contributed by atoms with Gasteiger partial charge in [-0.15, -0.1) is 0 Å². The van der Waals surface area contributed by atoms with Crippen molar-refractivity contribution in [2.75, 3.05) is 18.2 Å². The van der Waals surface area contributed by atoms with E-state index >= 15 is 0 Å². The Morgan fingerprint density at radius 3 is 2.53 bits per heavy atom. The molecule has 0 spiro atoms. The van der Waals surface area contributed by atoms with Crippen molar-refractivity contribution in [2.24, 2.45) is 7.05 Å². The van der Waals surface area contributed by atoms with E-state index in [4.69, 9.17) is 9.72 Å². The predicted octanol–water partition coefficient (Wildman–Crippen LogP) is 6.40. The highest BCUT2D eigenvalue weighted by Gasteiger charge is 2.29. The van der Waals surface area contributed by atoms with Gasteiger partial charge in [-0.05, 0) is 55.9 Å². The Bertz CT molecular complexity index is 1870. The van der Waals surface area contributed by atoms with Crippen molar-refractivity contribution in [1.29, 1.82) is 0 Å². The van der Waals surface area contributed by atoms with E-state index in [2.05, 4.69) is 15.3 Å². The lowest BCUT2D eigenvalue weighted by molar-refractivity contribution is -0.0363. The van der Waals surface area contributed by atoms with Gasteiger partial charge < -0.3 is 14.6 Å². The number of aromatic nitrogens is 5. The third-order valence-corrected chi connectivity index (χ3v) is 8.78. The van der Waals surface area contributed by atoms with Gasteiger partial charge in [0, 0.05) is 31.2 Å². The Morgan fingerprint density at radius 2 is 1.86 bits per heavy atom. The number of sulfone groups is 1. The van der Waals surface area contributed by atoms with Crippen LogP contribution in [0.2, 0.25) is 0 Å². The first-order chi connectivity index (χ1) is 20.7. The molecule has 1 atom stereocenters. The zero-order valence-corrected chi connectivity index (χ0v) is 24.7. The van der Waals surface area contributed by atoms with Crippen LogP contribution in [-0.2, 0) is 34.5 Å². The molecule has 5 aromatic rings. The molecule has 1 unspecified atom stereocenters. The fraction of sp³-hybridized carbons (Fsp3) is 0.323. The number of pyridine rings is 1. The maximum atomic E-state index is 14.4. The monoisotopic (exact) mass is 606 g/mol. The van der Waals surface area contributed by atoms with Gasteiger partial charge in [0.25, 0.3) is 6.43 Å². The molecule has 6 rings (SSSR count). The number of nitrogens with one attached hydrogen (secondary N) is 1. The van der Waals surface area contributed by atoms with E-state index < -0.39 is 28.3 Å². The maximum absolute atomic E-state index is 14.4. The molecule has 0 aliphatic carbocycles. The molecule has 0 saturated carbocycles. The normalized spacial score (nSPS) is 15.8. The summed E-state index contributed by atoms with van der Waals surface area (Å²) in [5.74, 6) is -0.424. The van der Waals surface area contributed by atoms with Crippen LogP contribution in [0.25, 0.3) is 22.4 Å². The van der Waals surface area contributed by atoms with Crippen molar-refractivity contribution in [2.45, 2.75) is 49.7 Å². The molecule has 1 N–H and O–H groups in total. The van der Waals surface area contributed by atoms with Gasteiger partial charge in [-0.3, -0.25) is 4.57 Å². The number of halogens is 2. The minimum atomic E-state index is -3.70. The number of rotatable bonds is 9. The summed E-state index contributed by atoms with van der Waals surface area (Å²) in [6.07, 6.45) is 4.45. The first-order valence-corrected chi connectivity index (χ1v) is 16.0. The van der Waals surface area contributed by atoms with Gasteiger partial charge in [0.1, 0.15) is 11.7 Å². The van der Waals surface area contributed by atoms with Crippen LogP contribution in [0.5, 0.6) is 0 Å². The van der Waals surface area contributed by atoms with Crippen LogP contribution >= 0.6 is 0 Å². The summed E-state index contributed by atoms with van der Waals surface area (Å²) in [7, 11) is -1.87. The Morgan fingerprint density at radius 1 is 1.05 bits per heavy atom. The number of nitrogens with zero attached hydrogens (tertiary/aromatic N) is 5. The summed E-state index contributed by atoms with van der Waals surface area (Å²) >= 11 is 0. The van der Waals surface area contributed by atoms with Gasteiger partial charge in [0.2, 0.25) is 0 Å². The van der Waals surface area contributed by atoms with Crippen LogP contribution < -0.4 is 5.32 Å². The van der Waals surface area contributed by atoms with E-state index in [1.165, 1.54) is 4.57 Å². The van der Waals surface area contributed by atoms with E-state index in [9.17, 15) is 17.2 Å². The highest BCUT2D eigenvalue weighted by atomic mass is 32.2. The standard InChI is InChI=1S/C31H32F2N6O3S/c1-38-19-34-18-25(38)21-12-14-23(26(16-21)43(2,40)41)36-24-17-22(13-11-20-8-4-3-5-9-20)35-30-28(24)37-31(29(32)33)39(30)27-10-6-7-15-42-27/h3-5,8-9,12,14,16-19,27,29H,6-7,10-11,13,15H2,1-2H3,(H,35,36). The lowest BCUT2D eigenvalue weighted by Gasteiger charge is -2.25. The SMILES string of the molecule is Cn1cncc1-c1ccc(Nc2cc(CCc3ccccc3)nc3c2nc(C(F)F)n3C2CCCCO2)c(S(C)(=O)=O)c1. The summed E-state index contributed by atoms with van der Waals surface area (Å²) in [5.41, 5.74) is 4.39. The summed E-state index contributed by atoms with van der Waals surface area (Å²) in [5, 5.41) is 3.23. The number of aryl methyl sites for hydroxylation is 3. The molecule has 1 aliphatic rings. The number of ether oxygens (including phenoxy) is 1. The highest BCUT2D eigenvalue weighted by molar-refractivity contribution is 7.90. The number of hydrogen-bond acceptors (Lipinski definition) is 7. The van der Waals surface area contributed by atoms with Crippen molar-refractivity contribution in [1.82, 2.24) is 24.1 Å². The van der Waals surface area contributed by atoms with Gasteiger partial charge >= 0.3 is 0 Å². The average Bonchev–Trinajstić information content (AvgIpc) is 3.61. The van der Waals surface area contributed by atoms with Gasteiger partial charge in [-0.25, -0.2) is 32.2 Å². The number of fused-ring (bicyclic) bond motifs is 1. The number of anilines is 2. The van der Waals surface area contributed by atoms with Gasteiger partial charge in [-0.2, -0.15) is 0 Å². The largest absolute Gasteiger partial charge is 0.358 e. The van der Waals surface area contributed by atoms with Crippen LogP contribution in [-0.4, -0.2) is 45.4 Å². The smallest absolute Gasteiger partial charge is 0.295 e. The summed E-state index contributed by atoms with van der Waals surface area (Å²) in [6, 6.07) is 16.7. The van der Waals surface area contributed by atoms with Crippen LogP contribution in [0.1, 0.15) is 49.0 Å². The highest BCUT2D eigenvalue weighted by Crippen LogP contribution is 2.37. The molecule has 9 nitrogen and oxygen atoms in total. The third kappa shape index (κ3) is 6.02. The van der Waals surface area contributed by atoms with Gasteiger partial charge in [-0.1, -0.05) is 36.4 Å².